The quantitative estimate of drug-likeness (QED) is 0.721. The van der Waals surface area contributed by atoms with Crippen molar-refractivity contribution in [1.82, 2.24) is 0 Å². The van der Waals surface area contributed by atoms with Crippen molar-refractivity contribution in [3.63, 3.8) is 0 Å². The first-order chi connectivity index (χ1) is 7.61. The molecule has 1 aliphatic heterocycles. The van der Waals surface area contributed by atoms with Crippen molar-refractivity contribution in [2.24, 2.45) is 0 Å². The molecule has 0 bridgehead atoms. The van der Waals surface area contributed by atoms with Crippen LogP contribution in [0.15, 0.2) is 12.1 Å². The van der Waals surface area contributed by atoms with Crippen molar-refractivity contribution in [3.8, 4) is 5.75 Å². The van der Waals surface area contributed by atoms with Gasteiger partial charge in [0.15, 0.2) is 12.4 Å². The minimum Gasteiger partial charge on any atom is -0.481 e. The lowest BCUT2D eigenvalue weighted by Gasteiger charge is -2.20. The van der Waals surface area contributed by atoms with E-state index in [1.807, 2.05) is 6.92 Å². The molecule has 0 aromatic heterocycles. The van der Waals surface area contributed by atoms with Crippen LogP contribution < -0.4 is 10.1 Å². The number of esters is 1. The highest BCUT2D eigenvalue weighted by Gasteiger charge is 2.23. The maximum absolute atomic E-state index is 11.5. The molecule has 0 unspecified atom stereocenters. The summed E-state index contributed by atoms with van der Waals surface area (Å²) in [6.45, 7) is 1.74. The number of hydrogen-bond acceptors (Lipinski definition) is 4. The molecule has 0 radical (unpaired) electrons. The Morgan fingerprint density at radius 2 is 2.25 bits per heavy atom. The van der Waals surface area contributed by atoms with Crippen LogP contribution in [0.1, 0.15) is 15.9 Å². The highest BCUT2D eigenvalue weighted by molar-refractivity contribution is 6.01. The minimum atomic E-state index is -0.476. The Balaban J connectivity index is 2.54. The number of amides is 1. The van der Waals surface area contributed by atoms with Crippen LogP contribution in [0.4, 0.5) is 5.69 Å². The molecule has 1 aromatic carbocycles. The van der Waals surface area contributed by atoms with Crippen LogP contribution in [-0.4, -0.2) is 25.6 Å². The maximum Gasteiger partial charge on any atom is 0.341 e. The standard InChI is InChI=1S/C11H11NO4/c1-6-3-7(11(14)15-2)10-8(4-6)12-9(13)5-16-10/h3-4H,5H2,1-2H3,(H,12,13). The molecule has 1 N–H and O–H groups in total. The summed E-state index contributed by atoms with van der Waals surface area (Å²) < 4.78 is 9.88. The lowest BCUT2D eigenvalue weighted by molar-refractivity contribution is -0.118. The second kappa shape index (κ2) is 3.84. The number of aryl methyl sites for hydroxylation is 1. The molecule has 84 valence electrons. The van der Waals surface area contributed by atoms with E-state index in [-0.39, 0.29) is 12.5 Å². The third-order valence-corrected chi connectivity index (χ3v) is 2.26. The van der Waals surface area contributed by atoms with Crippen LogP contribution >= 0.6 is 0 Å². The third kappa shape index (κ3) is 1.71. The molecule has 1 amide bonds. The zero-order chi connectivity index (χ0) is 11.7. The van der Waals surface area contributed by atoms with E-state index in [0.717, 1.165) is 5.56 Å². The Morgan fingerprint density at radius 1 is 1.50 bits per heavy atom. The SMILES string of the molecule is COC(=O)c1cc(C)cc2c1OCC(=O)N2. The zero-order valence-electron chi connectivity index (χ0n) is 8.99. The molecule has 0 saturated heterocycles. The first kappa shape index (κ1) is 10.5. The molecule has 5 heteroatoms. The number of carbonyl (C=O) groups is 2. The Kier molecular flexibility index (Phi) is 2.52. The monoisotopic (exact) mass is 221 g/mol. The van der Waals surface area contributed by atoms with Gasteiger partial charge in [0.2, 0.25) is 0 Å². The van der Waals surface area contributed by atoms with Crippen molar-refractivity contribution in [3.05, 3.63) is 23.3 Å². The van der Waals surface area contributed by atoms with Crippen LogP contribution in [0.3, 0.4) is 0 Å². The fourth-order valence-electron chi connectivity index (χ4n) is 1.61. The van der Waals surface area contributed by atoms with Crippen molar-refractivity contribution < 1.29 is 19.1 Å². The molecule has 0 saturated carbocycles. The largest absolute Gasteiger partial charge is 0.481 e. The van der Waals surface area contributed by atoms with E-state index in [1.165, 1.54) is 7.11 Å². The zero-order valence-corrected chi connectivity index (χ0v) is 8.99. The van der Waals surface area contributed by atoms with Crippen molar-refractivity contribution >= 4 is 17.6 Å². The second-order valence-electron chi connectivity index (χ2n) is 3.52. The lowest BCUT2D eigenvalue weighted by Crippen LogP contribution is -2.26. The highest BCUT2D eigenvalue weighted by Crippen LogP contribution is 2.33. The number of fused-ring (bicyclic) bond motifs is 1. The van der Waals surface area contributed by atoms with E-state index in [2.05, 4.69) is 10.1 Å². The first-order valence-corrected chi connectivity index (χ1v) is 4.77. The van der Waals surface area contributed by atoms with Crippen LogP contribution in [0, 0.1) is 6.92 Å². The average Bonchev–Trinajstić information content (AvgIpc) is 2.26. The van der Waals surface area contributed by atoms with E-state index in [4.69, 9.17) is 4.74 Å². The second-order valence-corrected chi connectivity index (χ2v) is 3.52. The smallest absolute Gasteiger partial charge is 0.341 e. The van der Waals surface area contributed by atoms with Gasteiger partial charge >= 0.3 is 5.97 Å². The van der Waals surface area contributed by atoms with E-state index < -0.39 is 5.97 Å². The van der Waals surface area contributed by atoms with E-state index in [1.54, 1.807) is 12.1 Å². The first-order valence-electron chi connectivity index (χ1n) is 4.77. The fraction of sp³-hybridized carbons (Fsp3) is 0.273. The molecule has 1 aliphatic rings. The van der Waals surface area contributed by atoms with E-state index in [0.29, 0.717) is 17.0 Å². The van der Waals surface area contributed by atoms with Crippen LogP contribution in [0.5, 0.6) is 5.75 Å². The Labute approximate surface area is 92.4 Å². The Morgan fingerprint density at radius 3 is 2.94 bits per heavy atom. The number of nitrogens with one attached hydrogen (secondary N) is 1. The van der Waals surface area contributed by atoms with Gasteiger partial charge in [-0.25, -0.2) is 4.79 Å². The lowest BCUT2D eigenvalue weighted by atomic mass is 10.1. The Hall–Kier alpha value is -2.04. The summed E-state index contributed by atoms with van der Waals surface area (Å²) in [5.41, 5.74) is 1.69. The van der Waals surface area contributed by atoms with Gasteiger partial charge in [-0.05, 0) is 24.6 Å². The number of benzene rings is 1. The van der Waals surface area contributed by atoms with Gasteiger partial charge in [0.05, 0.1) is 12.8 Å². The number of anilines is 1. The van der Waals surface area contributed by atoms with E-state index >= 15 is 0 Å². The summed E-state index contributed by atoms with van der Waals surface area (Å²) in [7, 11) is 1.30. The molecule has 1 heterocycles. The van der Waals surface area contributed by atoms with Gasteiger partial charge in [-0.3, -0.25) is 4.79 Å². The normalized spacial score (nSPS) is 13.5. The molecule has 5 nitrogen and oxygen atoms in total. The van der Waals surface area contributed by atoms with Crippen molar-refractivity contribution in [2.45, 2.75) is 6.92 Å². The van der Waals surface area contributed by atoms with Gasteiger partial charge in [0.25, 0.3) is 5.91 Å². The van der Waals surface area contributed by atoms with Crippen LogP contribution in [-0.2, 0) is 9.53 Å². The summed E-state index contributed by atoms with van der Waals surface area (Å²) in [5, 5.41) is 2.65. The average molecular weight is 221 g/mol. The molecular weight excluding hydrogens is 210 g/mol. The molecule has 0 fully saturated rings. The van der Waals surface area contributed by atoms with Gasteiger partial charge in [0, 0.05) is 0 Å². The number of rotatable bonds is 1. The number of ether oxygens (including phenoxy) is 2. The predicted octanol–water partition coefficient (Wildman–Crippen LogP) is 1.11. The topological polar surface area (TPSA) is 64.6 Å². The molecule has 0 aliphatic carbocycles. The third-order valence-electron chi connectivity index (χ3n) is 2.26. The summed E-state index contributed by atoms with van der Waals surface area (Å²) in [5.74, 6) is -0.331. The van der Waals surface area contributed by atoms with Gasteiger partial charge in [-0.2, -0.15) is 0 Å². The van der Waals surface area contributed by atoms with Crippen LogP contribution in [0.2, 0.25) is 0 Å². The summed E-state index contributed by atoms with van der Waals surface area (Å²) >= 11 is 0. The van der Waals surface area contributed by atoms with Gasteiger partial charge in [-0.15, -0.1) is 0 Å². The summed E-state index contributed by atoms with van der Waals surface area (Å²) in [6, 6.07) is 3.42. The van der Waals surface area contributed by atoms with Crippen molar-refractivity contribution in [2.75, 3.05) is 19.0 Å². The highest BCUT2D eigenvalue weighted by atomic mass is 16.5. The number of hydrogen-bond donors (Lipinski definition) is 1. The number of methoxy groups -OCH3 is 1. The molecule has 0 spiro atoms. The van der Waals surface area contributed by atoms with Gasteiger partial charge in [-0.1, -0.05) is 0 Å². The predicted molar refractivity (Wildman–Crippen MR) is 56.6 cm³/mol. The van der Waals surface area contributed by atoms with Gasteiger partial charge in [0.1, 0.15) is 5.56 Å². The molecule has 16 heavy (non-hydrogen) atoms. The fourth-order valence-corrected chi connectivity index (χ4v) is 1.61. The minimum absolute atomic E-state index is 0.0833. The van der Waals surface area contributed by atoms with E-state index in [9.17, 15) is 9.59 Å². The summed E-state index contributed by atoms with van der Waals surface area (Å²) in [4.78, 5) is 22.6. The summed E-state index contributed by atoms with van der Waals surface area (Å²) in [6.07, 6.45) is 0. The maximum atomic E-state index is 11.5. The van der Waals surface area contributed by atoms with Crippen molar-refractivity contribution in [1.29, 1.82) is 0 Å². The van der Waals surface area contributed by atoms with Gasteiger partial charge < -0.3 is 14.8 Å². The molecule has 1 aromatic rings. The molecule has 0 atom stereocenters. The molecular formula is C11H11NO4. The Bertz CT molecular complexity index is 467. The number of carbonyl (C=O) groups excluding carboxylic acids is 2. The molecule has 2 rings (SSSR count). The van der Waals surface area contributed by atoms with Crippen LogP contribution in [0.25, 0.3) is 0 Å².